The van der Waals surface area contributed by atoms with Gasteiger partial charge >= 0.3 is 5.97 Å². The molecule has 1 aromatic rings. The van der Waals surface area contributed by atoms with E-state index in [0.29, 0.717) is 24.7 Å². The lowest BCUT2D eigenvalue weighted by atomic mass is 10.2. The van der Waals surface area contributed by atoms with Crippen LogP contribution in [0.25, 0.3) is 0 Å². The van der Waals surface area contributed by atoms with E-state index < -0.39 is 12.0 Å². The van der Waals surface area contributed by atoms with E-state index in [4.69, 9.17) is 9.63 Å². The summed E-state index contributed by atoms with van der Waals surface area (Å²) in [4.78, 5) is 15.1. The van der Waals surface area contributed by atoms with Crippen molar-refractivity contribution < 1.29 is 14.4 Å². The molecule has 1 unspecified atom stereocenters. The van der Waals surface area contributed by atoms with Crippen molar-refractivity contribution in [2.45, 2.75) is 58.5 Å². The van der Waals surface area contributed by atoms with Gasteiger partial charge in [-0.15, -0.1) is 0 Å². The predicted molar refractivity (Wildman–Crippen MR) is 66.1 cm³/mol. The van der Waals surface area contributed by atoms with Gasteiger partial charge in [-0.2, -0.15) is 4.98 Å². The van der Waals surface area contributed by atoms with E-state index in [0.717, 1.165) is 25.7 Å². The summed E-state index contributed by atoms with van der Waals surface area (Å²) in [6.07, 6.45) is 4.32. The number of nitrogens with zero attached hydrogens (tertiary/aromatic N) is 2. The van der Waals surface area contributed by atoms with Crippen molar-refractivity contribution >= 4 is 5.97 Å². The summed E-state index contributed by atoms with van der Waals surface area (Å²) in [6, 6.07) is -0.555. The Balaban J connectivity index is 2.41. The molecular weight excluding hydrogens is 234 g/mol. The monoisotopic (exact) mass is 255 g/mol. The number of rotatable bonds is 9. The zero-order valence-corrected chi connectivity index (χ0v) is 11.0. The average Bonchev–Trinajstić information content (AvgIpc) is 2.79. The molecule has 18 heavy (non-hydrogen) atoms. The number of hydrogen-bond acceptors (Lipinski definition) is 5. The Bertz CT molecular complexity index is 365. The maximum absolute atomic E-state index is 10.9. The summed E-state index contributed by atoms with van der Waals surface area (Å²) in [5.74, 6) is 0.294. The number of carboxylic acid groups (broad SMARTS) is 1. The van der Waals surface area contributed by atoms with E-state index in [-0.39, 0.29) is 0 Å². The molecule has 102 valence electrons. The van der Waals surface area contributed by atoms with Gasteiger partial charge in [0.15, 0.2) is 5.82 Å². The highest BCUT2D eigenvalue weighted by molar-refractivity contribution is 5.73. The van der Waals surface area contributed by atoms with Gasteiger partial charge in [-0.3, -0.25) is 10.1 Å². The summed E-state index contributed by atoms with van der Waals surface area (Å²) in [5, 5.41) is 15.7. The maximum atomic E-state index is 10.9. The third-order valence-corrected chi connectivity index (χ3v) is 2.64. The average molecular weight is 255 g/mol. The number of aryl methyl sites for hydroxylation is 1. The molecule has 0 aromatic carbocycles. The molecule has 1 rings (SSSR count). The first-order chi connectivity index (χ1) is 8.67. The topological polar surface area (TPSA) is 88.2 Å². The minimum Gasteiger partial charge on any atom is -0.480 e. The van der Waals surface area contributed by atoms with Gasteiger partial charge < -0.3 is 9.63 Å². The zero-order valence-electron chi connectivity index (χ0n) is 11.0. The SMILES string of the molecule is CCCCc1noc(CNC(CCC)C(=O)O)n1. The van der Waals surface area contributed by atoms with Crippen LogP contribution < -0.4 is 5.32 Å². The minimum absolute atomic E-state index is 0.302. The van der Waals surface area contributed by atoms with Crippen LogP contribution >= 0.6 is 0 Å². The van der Waals surface area contributed by atoms with Crippen LogP contribution in [0.5, 0.6) is 0 Å². The van der Waals surface area contributed by atoms with Crippen LogP contribution in [0.1, 0.15) is 51.2 Å². The quantitative estimate of drug-likeness (QED) is 0.699. The van der Waals surface area contributed by atoms with E-state index >= 15 is 0 Å². The smallest absolute Gasteiger partial charge is 0.320 e. The number of nitrogens with one attached hydrogen (secondary N) is 1. The van der Waals surface area contributed by atoms with Gasteiger partial charge in [0.05, 0.1) is 6.54 Å². The molecule has 0 aliphatic carbocycles. The Morgan fingerprint density at radius 1 is 1.44 bits per heavy atom. The Kier molecular flexibility index (Phi) is 6.35. The summed E-state index contributed by atoms with van der Waals surface area (Å²) >= 11 is 0. The fraction of sp³-hybridized carbons (Fsp3) is 0.750. The highest BCUT2D eigenvalue weighted by Crippen LogP contribution is 2.03. The summed E-state index contributed by atoms with van der Waals surface area (Å²) < 4.78 is 5.05. The van der Waals surface area contributed by atoms with Gasteiger partial charge in [-0.05, 0) is 12.8 Å². The Hall–Kier alpha value is -1.43. The molecule has 0 bridgehead atoms. The number of carboxylic acids is 1. The first kappa shape index (κ1) is 14.6. The second kappa shape index (κ2) is 7.81. The van der Waals surface area contributed by atoms with Crippen molar-refractivity contribution in [3.63, 3.8) is 0 Å². The largest absolute Gasteiger partial charge is 0.480 e. The number of carbonyl (C=O) groups is 1. The molecule has 1 aromatic heterocycles. The second-order valence-corrected chi connectivity index (χ2v) is 4.27. The Morgan fingerprint density at radius 3 is 2.83 bits per heavy atom. The van der Waals surface area contributed by atoms with Crippen molar-refractivity contribution in [1.82, 2.24) is 15.5 Å². The fourth-order valence-corrected chi connectivity index (χ4v) is 1.61. The molecule has 1 atom stereocenters. The van der Waals surface area contributed by atoms with Gasteiger partial charge in [0.1, 0.15) is 6.04 Å². The van der Waals surface area contributed by atoms with Gasteiger partial charge in [0, 0.05) is 6.42 Å². The number of aliphatic carboxylic acids is 1. The molecule has 0 spiro atoms. The van der Waals surface area contributed by atoms with Crippen LogP contribution in [0.4, 0.5) is 0 Å². The highest BCUT2D eigenvalue weighted by atomic mass is 16.5. The second-order valence-electron chi connectivity index (χ2n) is 4.27. The van der Waals surface area contributed by atoms with Gasteiger partial charge in [-0.1, -0.05) is 31.8 Å². The normalized spacial score (nSPS) is 12.6. The molecule has 6 nitrogen and oxygen atoms in total. The van der Waals surface area contributed by atoms with E-state index in [1.807, 2.05) is 6.92 Å². The summed E-state index contributed by atoms with van der Waals surface area (Å²) in [5.41, 5.74) is 0. The molecule has 0 saturated heterocycles. The first-order valence-corrected chi connectivity index (χ1v) is 6.45. The number of aromatic nitrogens is 2. The highest BCUT2D eigenvalue weighted by Gasteiger charge is 2.16. The van der Waals surface area contributed by atoms with Gasteiger partial charge in [0.2, 0.25) is 5.89 Å². The summed E-state index contributed by atoms with van der Waals surface area (Å²) in [6.45, 7) is 4.36. The van der Waals surface area contributed by atoms with Crippen molar-refractivity contribution in [2.75, 3.05) is 0 Å². The lowest BCUT2D eigenvalue weighted by molar-refractivity contribution is -0.139. The van der Waals surface area contributed by atoms with E-state index in [1.54, 1.807) is 0 Å². The summed E-state index contributed by atoms with van der Waals surface area (Å²) in [7, 11) is 0. The molecule has 0 aliphatic heterocycles. The molecule has 1 heterocycles. The van der Waals surface area contributed by atoms with Crippen LogP contribution in [-0.2, 0) is 17.8 Å². The van der Waals surface area contributed by atoms with Gasteiger partial charge in [-0.25, -0.2) is 0 Å². The third-order valence-electron chi connectivity index (χ3n) is 2.64. The molecule has 2 N–H and O–H groups in total. The van der Waals surface area contributed by atoms with E-state index in [9.17, 15) is 4.79 Å². The maximum Gasteiger partial charge on any atom is 0.320 e. The Morgan fingerprint density at radius 2 is 2.22 bits per heavy atom. The van der Waals surface area contributed by atoms with E-state index in [1.165, 1.54) is 0 Å². The molecular formula is C12H21N3O3. The molecule has 0 amide bonds. The molecule has 0 radical (unpaired) electrons. The van der Waals surface area contributed by atoms with Crippen LogP contribution in [-0.4, -0.2) is 27.3 Å². The van der Waals surface area contributed by atoms with Crippen LogP contribution in [0.15, 0.2) is 4.52 Å². The number of unbranched alkanes of at least 4 members (excludes halogenated alkanes) is 1. The van der Waals surface area contributed by atoms with Crippen molar-refractivity contribution in [3.05, 3.63) is 11.7 Å². The van der Waals surface area contributed by atoms with Crippen LogP contribution in [0.3, 0.4) is 0 Å². The molecule has 0 saturated carbocycles. The molecule has 0 fully saturated rings. The lowest BCUT2D eigenvalue weighted by Gasteiger charge is -2.11. The minimum atomic E-state index is -0.845. The lowest BCUT2D eigenvalue weighted by Crippen LogP contribution is -2.36. The zero-order chi connectivity index (χ0) is 13.4. The predicted octanol–water partition coefficient (Wildman–Crippen LogP) is 1.76. The first-order valence-electron chi connectivity index (χ1n) is 6.45. The van der Waals surface area contributed by atoms with Crippen molar-refractivity contribution in [3.8, 4) is 0 Å². The third kappa shape index (κ3) is 4.83. The van der Waals surface area contributed by atoms with Crippen LogP contribution in [0, 0.1) is 0 Å². The fourth-order valence-electron chi connectivity index (χ4n) is 1.61. The standard InChI is InChI=1S/C12H21N3O3/c1-3-5-7-10-14-11(18-15-10)8-13-9(6-4-2)12(16)17/h9,13H,3-8H2,1-2H3,(H,16,17). The van der Waals surface area contributed by atoms with E-state index in [2.05, 4.69) is 22.4 Å². The Labute approximate surface area is 107 Å². The molecule has 0 aliphatic rings. The number of hydrogen-bond donors (Lipinski definition) is 2. The van der Waals surface area contributed by atoms with Crippen LogP contribution in [0.2, 0.25) is 0 Å². The van der Waals surface area contributed by atoms with Crippen molar-refractivity contribution in [1.29, 1.82) is 0 Å². The van der Waals surface area contributed by atoms with Gasteiger partial charge in [0.25, 0.3) is 0 Å². The van der Waals surface area contributed by atoms with Crippen molar-refractivity contribution in [2.24, 2.45) is 0 Å². The molecule has 6 heteroatoms.